The van der Waals surface area contributed by atoms with Gasteiger partial charge in [-0.3, -0.25) is 4.79 Å². The molecule has 1 aliphatic rings. The molecule has 1 unspecified atom stereocenters. The number of sulfone groups is 1. The second-order valence-electron chi connectivity index (χ2n) is 5.86. The van der Waals surface area contributed by atoms with Gasteiger partial charge in [0.25, 0.3) is 5.91 Å². The van der Waals surface area contributed by atoms with E-state index in [1.165, 1.54) is 12.1 Å². The molecule has 1 heterocycles. The van der Waals surface area contributed by atoms with E-state index in [4.69, 9.17) is 4.74 Å². The van der Waals surface area contributed by atoms with Crippen LogP contribution >= 0.6 is 15.9 Å². The molecule has 1 fully saturated rings. The van der Waals surface area contributed by atoms with Crippen LogP contribution in [0.3, 0.4) is 0 Å². The standard InChI is InChI=1S/C16H21BrFNO4S/c1-2-3-7-19(13-6-8-24(21,22)11-13)16(20)10-23-15-5-4-12(17)9-14(15)18/h4-5,9,13H,2-3,6-8,10-11H2,1H3. The average Bonchev–Trinajstić information content (AvgIpc) is 2.86. The maximum atomic E-state index is 13.7. The molecule has 0 aliphatic carbocycles. The molecule has 1 amide bonds. The first-order chi connectivity index (χ1) is 11.3. The molecule has 0 aromatic heterocycles. The summed E-state index contributed by atoms with van der Waals surface area (Å²) in [4.78, 5) is 14.0. The maximum Gasteiger partial charge on any atom is 0.260 e. The highest BCUT2D eigenvalue weighted by atomic mass is 79.9. The number of benzene rings is 1. The van der Waals surface area contributed by atoms with E-state index in [1.807, 2.05) is 6.92 Å². The van der Waals surface area contributed by atoms with Gasteiger partial charge >= 0.3 is 0 Å². The van der Waals surface area contributed by atoms with Crippen LogP contribution in [0.5, 0.6) is 5.75 Å². The minimum Gasteiger partial charge on any atom is -0.481 e. The van der Waals surface area contributed by atoms with Gasteiger partial charge in [-0.25, -0.2) is 12.8 Å². The lowest BCUT2D eigenvalue weighted by Crippen LogP contribution is -2.44. The first-order valence-electron chi connectivity index (χ1n) is 7.90. The van der Waals surface area contributed by atoms with Crippen LogP contribution in [0, 0.1) is 5.82 Å². The Morgan fingerprint density at radius 2 is 2.21 bits per heavy atom. The monoisotopic (exact) mass is 421 g/mol. The lowest BCUT2D eigenvalue weighted by atomic mass is 10.2. The van der Waals surface area contributed by atoms with E-state index in [0.717, 1.165) is 12.8 Å². The number of carbonyl (C=O) groups is 1. The largest absolute Gasteiger partial charge is 0.481 e. The van der Waals surface area contributed by atoms with Gasteiger partial charge in [0.05, 0.1) is 11.5 Å². The summed E-state index contributed by atoms with van der Waals surface area (Å²) < 4.78 is 43.0. The maximum absolute atomic E-state index is 13.7. The molecule has 1 aliphatic heterocycles. The number of hydrogen-bond donors (Lipinski definition) is 0. The Kier molecular flexibility index (Phi) is 6.62. The minimum absolute atomic E-state index is 0.000958. The third-order valence-corrected chi connectivity index (χ3v) is 6.21. The molecular formula is C16H21BrFNO4S. The number of halogens is 2. The van der Waals surface area contributed by atoms with Gasteiger partial charge in [0.1, 0.15) is 0 Å². The van der Waals surface area contributed by atoms with E-state index in [-0.39, 0.29) is 35.8 Å². The fraction of sp³-hybridized carbons (Fsp3) is 0.562. The summed E-state index contributed by atoms with van der Waals surface area (Å²) in [6.07, 6.45) is 2.13. The van der Waals surface area contributed by atoms with Crippen molar-refractivity contribution in [1.29, 1.82) is 0 Å². The molecule has 0 spiro atoms. The van der Waals surface area contributed by atoms with Gasteiger partial charge in [-0.1, -0.05) is 29.3 Å². The highest BCUT2D eigenvalue weighted by molar-refractivity contribution is 9.10. The Hall–Kier alpha value is -1.15. The van der Waals surface area contributed by atoms with Crippen molar-refractivity contribution in [3.8, 4) is 5.75 Å². The molecular weight excluding hydrogens is 401 g/mol. The van der Waals surface area contributed by atoms with Crippen LogP contribution < -0.4 is 4.74 Å². The quantitative estimate of drug-likeness (QED) is 0.678. The highest BCUT2D eigenvalue weighted by Gasteiger charge is 2.34. The van der Waals surface area contributed by atoms with Crippen molar-refractivity contribution in [2.45, 2.75) is 32.2 Å². The zero-order chi connectivity index (χ0) is 17.7. The lowest BCUT2D eigenvalue weighted by Gasteiger charge is -2.28. The molecule has 0 bridgehead atoms. The van der Waals surface area contributed by atoms with Gasteiger partial charge in [-0.05, 0) is 31.0 Å². The van der Waals surface area contributed by atoms with Crippen molar-refractivity contribution >= 4 is 31.7 Å². The van der Waals surface area contributed by atoms with Gasteiger partial charge in [0.2, 0.25) is 0 Å². The minimum atomic E-state index is -3.08. The van der Waals surface area contributed by atoms with Crippen LogP contribution in [-0.2, 0) is 14.6 Å². The number of carbonyl (C=O) groups excluding carboxylic acids is 1. The Balaban J connectivity index is 2.02. The normalized spacial score (nSPS) is 19.2. The SMILES string of the molecule is CCCCN(C(=O)COc1ccc(Br)cc1F)C1CCS(=O)(=O)C1. The van der Waals surface area contributed by atoms with E-state index >= 15 is 0 Å². The summed E-state index contributed by atoms with van der Waals surface area (Å²) >= 11 is 3.16. The number of rotatable bonds is 7. The van der Waals surface area contributed by atoms with Crippen molar-refractivity contribution in [3.63, 3.8) is 0 Å². The molecule has 1 saturated heterocycles. The number of ether oxygens (including phenoxy) is 1. The average molecular weight is 422 g/mol. The van der Waals surface area contributed by atoms with Gasteiger partial charge < -0.3 is 9.64 Å². The van der Waals surface area contributed by atoms with Crippen LogP contribution in [0.4, 0.5) is 4.39 Å². The summed E-state index contributed by atoms with van der Waals surface area (Å²) in [5, 5.41) is 0. The van der Waals surface area contributed by atoms with E-state index < -0.39 is 15.7 Å². The molecule has 5 nitrogen and oxygen atoms in total. The molecule has 1 aromatic rings. The van der Waals surface area contributed by atoms with Gasteiger partial charge in [-0.2, -0.15) is 0 Å². The molecule has 0 N–H and O–H groups in total. The van der Waals surface area contributed by atoms with Crippen LogP contribution in [0.15, 0.2) is 22.7 Å². The van der Waals surface area contributed by atoms with Crippen molar-refractivity contribution in [1.82, 2.24) is 4.90 Å². The highest BCUT2D eigenvalue weighted by Crippen LogP contribution is 2.22. The summed E-state index contributed by atoms with van der Waals surface area (Å²) in [6.45, 7) is 2.18. The van der Waals surface area contributed by atoms with Crippen molar-refractivity contribution < 1.29 is 22.3 Å². The Labute approximate surface area is 150 Å². The first kappa shape index (κ1) is 19.2. The van der Waals surface area contributed by atoms with Crippen LogP contribution in [0.2, 0.25) is 0 Å². The van der Waals surface area contributed by atoms with Crippen LogP contribution in [0.1, 0.15) is 26.2 Å². The Morgan fingerprint density at radius 3 is 2.79 bits per heavy atom. The fourth-order valence-corrected chi connectivity index (χ4v) is 4.74. The van der Waals surface area contributed by atoms with Gasteiger partial charge in [0, 0.05) is 17.1 Å². The molecule has 2 rings (SSSR count). The third kappa shape index (κ3) is 5.17. The predicted octanol–water partition coefficient (Wildman–Crippen LogP) is 2.78. The molecule has 1 atom stereocenters. The summed E-state index contributed by atoms with van der Waals surface area (Å²) in [5.41, 5.74) is 0. The molecule has 24 heavy (non-hydrogen) atoms. The van der Waals surface area contributed by atoms with Crippen molar-refractivity contribution in [3.05, 3.63) is 28.5 Å². The summed E-state index contributed by atoms with van der Waals surface area (Å²) in [6, 6.07) is 4.02. The second-order valence-corrected chi connectivity index (χ2v) is 9.01. The van der Waals surface area contributed by atoms with E-state index in [2.05, 4.69) is 15.9 Å². The van der Waals surface area contributed by atoms with Gasteiger partial charge in [-0.15, -0.1) is 0 Å². The fourth-order valence-electron chi connectivity index (χ4n) is 2.68. The smallest absolute Gasteiger partial charge is 0.260 e. The number of unbranched alkanes of at least 4 members (excludes halogenated alkanes) is 1. The molecule has 1 aromatic carbocycles. The molecule has 8 heteroatoms. The summed E-state index contributed by atoms with van der Waals surface area (Å²) in [7, 11) is -3.08. The zero-order valence-electron chi connectivity index (χ0n) is 13.5. The molecule has 134 valence electrons. The second kappa shape index (κ2) is 8.29. The van der Waals surface area contributed by atoms with Crippen molar-refractivity contribution in [2.24, 2.45) is 0 Å². The zero-order valence-corrected chi connectivity index (χ0v) is 15.9. The Morgan fingerprint density at radius 1 is 1.46 bits per heavy atom. The number of nitrogens with zero attached hydrogens (tertiary/aromatic N) is 1. The summed E-state index contributed by atoms with van der Waals surface area (Å²) in [5.74, 6) is -0.764. The van der Waals surface area contributed by atoms with Crippen LogP contribution in [-0.4, -0.2) is 49.9 Å². The topological polar surface area (TPSA) is 63.7 Å². The Bertz CT molecular complexity index is 695. The van der Waals surface area contributed by atoms with Crippen molar-refractivity contribution in [2.75, 3.05) is 24.7 Å². The molecule has 0 saturated carbocycles. The predicted molar refractivity (Wildman–Crippen MR) is 93.3 cm³/mol. The molecule has 0 radical (unpaired) electrons. The number of hydrogen-bond acceptors (Lipinski definition) is 4. The lowest BCUT2D eigenvalue weighted by molar-refractivity contribution is -0.135. The van der Waals surface area contributed by atoms with E-state index in [9.17, 15) is 17.6 Å². The third-order valence-electron chi connectivity index (χ3n) is 3.97. The number of amides is 1. The first-order valence-corrected chi connectivity index (χ1v) is 10.5. The van der Waals surface area contributed by atoms with E-state index in [1.54, 1.807) is 11.0 Å². The van der Waals surface area contributed by atoms with E-state index in [0.29, 0.717) is 17.4 Å². The van der Waals surface area contributed by atoms with Crippen LogP contribution in [0.25, 0.3) is 0 Å². The van der Waals surface area contributed by atoms with Gasteiger partial charge in [0.15, 0.2) is 28.0 Å².